The molecule has 0 N–H and O–H groups in total. The predicted molar refractivity (Wildman–Crippen MR) is 96.7 cm³/mol. The van der Waals surface area contributed by atoms with Crippen molar-refractivity contribution in [3.63, 3.8) is 0 Å². The van der Waals surface area contributed by atoms with E-state index in [-0.39, 0.29) is 17.7 Å². The summed E-state index contributed by atoms with van der Waals surface area (Å²) in [6, 6.07) is 0.397. The van der Waals surface area contributed by atoms with Crippen molar-refractivity contribution in [1.82, 2.24) is 14.7 Å². The molecule has 3 aliphatic heterocycles. The molecule has 0 aliphatic carbocycles. The first-order valence-corrected chi connectivity index (χ1v) is 9.92. The number of likely N-dealkylation sites (tertiary alicyclic amines) is 3. The number of hydrogen-bond acceptors (Lipinski definition) is 3. The number of carbonyl (C=O) groups excluding carboxylic acids is 2. The molecule has 0 aromatic heterocycles. The zero-order chi connectivity index (χ0) is 17.5. The quantitative estimate of drug-likeness (QED) is 0.794. The van der Waals surface area contributed by atoms with Gasteiger partial charge in [0.05, 0.1) is 0 Å². The van der Waals surface area contributed by atoms with Crippen LogP contribution in [0.2, 0.25) is 0 Å². The lowest BCUT2D eigenvalue weighted by Crippen LogP contribution is -2.51. The maximum Gasteiger partial charge on any atom is 0.226 e. The van der Waals surface area contributed by atoms with Crippen LogP contribution in [0.1, 0.15) is 58.8 Å². The molecule has 1 atom stereocenters. The molecule has 3 aliphatic rings. The molecule has 138 valence electrons. The van der Waals surface area contributed by atoms with E-state index in [9.17, 15) is 9.59 Å². The van der Waals surface area contributed by atoms with E-state index in [2.05, 4.69) is 16.8 Å². The summed E-state index contributed by atoms with van der Waals surface area (Å²) in [7, 11) is 2.14. The number of rotatable bonds is 3. The number of piperidine rings is 2. The molecular weight excluding hydrogens is 302 g/mol. The van der Waals surface area contributed by atoms with Crippen molar-refractivity contribution in [3.05, 3.63) is 0 Å². The molecule has 0 saturated carbocycles. The molecule has 1 unspecified atom stereocenters. The second-order valence-electron chi connectivity index (χ2n) is 7.20. The van der Waals surface area contributed by atoms with Gasteiger partial charge in [0.1, 0.15) is 0 Å². The van der Waals surface area contributed by atoms with Crippen LogP contribution >= 0.6 is 0 Å². The smallest absolute Gasteiger partial charge is 0.226 e. The molecule has 3 saturated heterocycles. The van der Waals surface area contributed by atoms with Gasteiger partial charge < -0.3 is 14.7 Å². The lowest BCUT2D eigenvalue weighted by Gasteiger charge is -2.41. The van der Waals surface area contributed by atoms with Gasteiger partial charge in [-0.3, -0.25) is 9.59 Å². The van der Waals surface area contributed by atoms with E-state index in [1.54, 1.807) is 0 Å². The SMILES string of the molecule is CC.CN1CCC(N2CCCC(CC(=O)N3CCCC3)C2=O)CC1. The van der Waals surface area contributed by atoms with Crippen LogP contribution < -0.4 is 0 Å². The fourth-order valence-corrected chi connectivity index (χ4v) is 4.14. The van der Waals surface area contributed by atoms with E-state index < -0.39 is 0 Å². The fraction of sp³-hybridized carbons (Fsp3) is 0.895. The van der Waals surface area contributed by atoms with Gasteiger partial charge in [-0.25, -0.2) is 0 Å². The number of nitrogens with zero attached hydrogens (tertiary/aromatic N) is 3. The average molecular weight is 338 g/mol. The molecule has 3 heterocycles. The van der Waals surface area contributed by atoms with E-state index >= 15 is 0 Å². The lowest BCUT2D eigenvalue weighted by atomic mass is 9.90. The Morgan fingerprint density at radius 2 is 1.58 bits per heavy atom. The first-order chi connectivity index (χ1) is 11.6. The first kappa shape index (κ1) is 19.2. The highest BCUT2D eigenvalue weighted by Gasteiger charge is 2.36. The topological polar surface area (TPSA) is 43.9 Å². The van der Waals surface area contributed by atoms with E-state index in [1.807, 2.05) is 18.7 Å². The van der Waals surface area contributed by atoms with Crippen molar-refractivity contribution in [1.29, 1.82) is 0 Å². The van der Waals surface area contributed by atoms with Crippen LogP contribution in [0.25, 0.3) is 0 Å². The van der Waals surface area contributed by atoms with Gasteiger partial charge in [-0.1, -0.05) is 13.8 Å². The van der Waals surface area contributed by atoms with Crippen molar-refractivity contribution in [2.75, 3.05) is 39.8 Å². The molecule has 3 fully saturated rings. The Morgan fingerprint density at radius 3 is 2.21 bits per heavy atom. The van der Waals surface area contributed by atoms with Crippen LogP contribution in [0.5, 0.6) is 0 Å². The van der Waals surface area contributed by atoms with Gasteiger partial charge in [-0.2, -0.15) is 0 Å². The molecule has 0 radical (unpaired) electrons. The Hall–Kier alpha value is -1.10. The highest BCUT2D eigenvalue weighted by Crippen LogP contribution is 2.27. The maximum absolute atomic E-state index is 12.8. The average Bonchev–Trinajstić information content (AvgIpc) is 3.14. The molecule has 5 nitrogen and oxygen atoms in total. The molecule has 0 spiro atoms. The van der Waals surface area contributed by atoms with Crippen LogP contribution in [0, 0.1) is 5.92 Å². The summed E-state index contributed by atoms with van der Waals surface area (Å²) in [5, 5.41) is 0. The molecule has 0 aromatic rings. The summed E-state index contributed by atoms with van der Waals surface area (Å²) in [4.78, 5) is 31.5. The lowest BCUT2D eigenvalue weighted by molar-refractivity contribution is -0.146. The third kappa shape index (κ3) is 4.71. The van der Waals surface area contributed by atoms with Gasteiger partial charge in [-0.05, 0) is 58.7 Å². The highest BCUT2D eigenvalue weighted by atomic mass is 16.2. The van der Waals surface area contributed by atoms with E-state index in [0.29, 0.717) is 12.5 Å². The minimum absolute atomic E-state index is 0.0680. The van der Waals surface area contributed by atoms with Gasteiger partial charge in [0.25, 0.3) is 0 Å². The van der Waals surface area contributed by atoms with Gasteiger partial charge in [0.15, 0.2) is 0 Å². The van der Waals surface area contributed by atoms with Crippen molar-refractivity contribution in [3.8, 4) is 0 Å². The summed E-state index contributed by atoms with van der Waals surface area (Å²) in [6.07, 6.45) is 6.77. The molecule has 3 rings (SSSR count). The fourth-order valence-electron chi connectivity index (χ4n) is 4.14. The molecule has 0 aromatic carbocycles. The Morgan fingerprint density at radius 1 is 0.958 bits per heavy atom. The van der Waals surface area contributed by atoms with Gasteiger partial charge in [0, 0.05) is 38.0 Å². The number of carbonyl (C=O) groups is 2. The normalized spacial score (nSPS) is 26.3. The van der Waals surface area contributed by atoms with Crippen molar-refractivity contribution in [2.45, 2.75) is 64.8 Å². The van der Waals surface area contributed by atoms with Crippen molar-refractivity contribution < 1.29 is 9.59 Å². The van der Waals surface area contributed by atoms with Crippen LogP contribution in [0.4, 0.5) is 0 Å². The summed E-state index contributed by atoms with van der Waals surface area (Å²) in [5.41, 5.74) is 0. The highest BCUT2D eigenvalue weighted by molar-refractivity contribution is 5.86. The van der Waals surface area contributed by atoms with Crippen molar-refractivity contribution >= 4 is 11.8 Å². The summed E-state index contributed by atoms with van der Waals surface area (Å²) in [5.74, 6) is 0.371. The Kier molecular flexibility index (Phi) is 7.53. The third-order valence-corrected chi connectivity index (χ3v) is 5.59. The molecule has 2 amide bonds. The monoisotopic (exact) mass is 337 g/mol. The number of amides is 2. The molecule has 5 heteroatoms. The van der Waals surface area contributed by atoms with E-state index in [1.165, 1.54) is 0 Å². The standard InChI is InChI=1S/C17H29N3O2.C2H6/c1-18-11-6-15(7-12-18)20-10-4-5-14(17(20)22)13-16(21)19-8-2-3-9-19;1-2/h14-15H,2-13H2,1H3;1-2H3. The van der Waals surface area contributed by atoms with Crippen LogP contribution in [-0.2, 0) is 9.59 Å². The van der Waals surface area contributed by atoms with E-state index in [4.69, 9.17) is 0 Å². The second kappa shape index (κ2) is 9.40. The zero-order valence-electron chi connectivity index (χ0n) is 15.8. The Balaban J connectivity index is 0.00000100. The van der Waals surface area contributed by atoms with Gasteiger partial charge in [0.2, 0.25) is 11.8 Å². The third-order valence-electron chi connectivity index (χ3n) is 5.59. The van der Waals surface area contributed by atoms with Crippen LogP contribution in [-0.4, -0.2) is 72.3 Å². The molecule has 0 bridgehead atoms. The summed E-state index contributed by atoms with van der Waals surface area (Å²) >= 11 is 0. The Bertz CT molecular complexity index is 413. The van der Waals surface area contributed by atoms with Crippen LogP contribution in [0.3, 0.4) is 0 Å². The van der Waals surface area contributed by atoms with Crippen LogP contribution in [0.15, 0.2) is 0 Å². The van der Waals surface area contributed by atoms with Gasteiger partial charge in [-0.15, -0.1) is 0 Å². The van der Waals surface area contributed by atoms with Gasteiger partial charge >= 0.3 is 0 Å². The van der Waals surface area contributed by atoms with Crippen molar-refractivity contribution in [2.24, 2.45) is 5.92 Å². The van der Waals surface area contributed by atoms with E-state index in [0.717, 1.165) is 71.2 Å². The summed E-state index contributed by atoms with van der Waals surface area (Å²) < 4.78 is 0. The predicted octanol–water partition coefficient (Wildman–Crippen LogP) is 2.36. The Labute approximate surface area is 147 Å². The molecular formula is C19H35N3O2. The number of hydrogen-bond donors (Lipinski definition) is 0. The molecule has 24 heavy (non-hydrogen) atoms. The zero-order valence-corrected chi connectivity index (χ0v) is 15.8. The summed E-state index contributed by atoms with van der Waals surface area (Å²) in [6.45, 7) is 8.82. The maximum atomic E-state index is 12.8. The first-order valence-electron chi connectivity index (χ1n) is 9.92. The second-order valence-corrected chi connectivity index (χ2v) is 7.20. The largest absolute Gasteiger partial charge is 0.343 e. The minimum atomic E-state index is -0.0680. The minimum Gasteiger partial charge on any atom is -0.343 e.